The van der Waals surface area contributed by atoms with Crippen molar-refractivity contribution in [2.24, 2.45) is 0 Å². The standard InChI is InChI=1S/ClH.FH.3H3N/h2*1H;3*1H3. The molecule has 0 unspecified atom stereocenters. The second kappa shape index (κ2) is 3940. The summed E-state index contributed by atoms with van der Waals surface area (Å²) in [6.45, 7) is 0. The van der Waals surface area contributed by atoms with Crippen LogP contribution in [0.5, 0.6) is 0 Å². The largest absolute Gasteiger partial charge is 0.344 e. The molecule has 0 saturated heterocycles. The van der Waals surface area contributed by atoms with Crippen LogP contribution in [0.15, 0.2) is 0 Å². The van der Waals surface area contributed by atoms with Gasteiger partial charge in [0.2, 0.25) is 0 Å². The lowest BCUT2D eigenvalue weighted by atomic mass is 14.0. The summed E-state index contributed by atoms with van der Waals surface area (Å²) in [7, 11) is 0. The maximum absolute atomic E-state index is 0. The molecule has 0 aliphatic rings. The molecule has 0 aliphatic heterocycles. The van der Waals surface area contributed by atoms with Crippen molar-refractivity contribution in [3.63, 3.8) is 0 Å². The summed E-state index contributed by atoms with van der Waals surface area (Å²) in [5.74, 6) is 0. The molecule has 0 aromatic carbocycles. The molecule has 0 bridgehead atoms. The molecule has 40 valence electrons. The van der Waals surface area contributed by atoms with Crippen LogP contribution in [0.3, 0.4) is 0 Å². The first kappa shape index (κ1) is 8570. The van der Waals surface area contributed by atoms with Crippen molar-refractivity contribution in [1.82, 2.24) is 18.5 Å². The highest BCUT2D eigenvalue weighted by Gasteiger charge is -0.147. The first-order chi connectivity index (χ1) is 0. The van der Waals surface area contributed by atoms with Gasteiger partial charge in [-0.3, -0.25) is 4.70 Å². The van der Waals surface area contributed by atoms with Gasteiger partial charge in [-0.05, 0) is 0 Å². The molecule has 0 aromatic heterocycles. The Kier molecular flexibility index (Phi) is 6760000. The van der Waals surface area contributed by atoms with Crippen molar-refractivity contribution in [2.75, 3.05) is 0 Å². The van der Waals surface area contributed by atoms with Gasteiger partial charge in [-0.15, -0.1) is 12.4 Å². The average Bonchev–Trinajstić information content (AvgIpc) is 0. The average molecular weight is 108 g/mol. The quantitative estimate of drug-likeness (QED) is 0.431. The maximum atomic E-state index is 0. The van der Waals surface area contributed by atoms with Crippen LogP contribution in [0, 0.1) is 0 Å². The first-order valence-electron chi connectivity index (χ1n) is 0. The van der Waals surface area contributed by atoms with Crippen LogP contribution >= 0.6 is 12.4 Å². The minimum Gasteiger partial charge on any atom is -0.344 e. The van der Waals surface area contributed by atoms with Gasteiger partial charge in [0.25, 0.3) is 0 Å². The second-order valence-electron chi connectivity index (χ2n) is 0. The van der Waals surface area contributed by atoms with Gasteiger partial charge in [-0.1, -0.05) is 0 Å². The summed E-state index contributed by atoms with van der Waals surface area (Å²) in [5, 5.41) is 0. The fourth-order valence-corrected chi connectivity index (χ4v) is 0. The summed E-state index contributed by atoms with van der Waals surface area (Å²) in [6.07, 6.45) is 0. The van der Waals surface area contributed by atoms with Gasteiger partial charge in [-0.25, -0.2) is 0 Å². The van der Waals surface area contributed by atoms with Crippen LogP contribution in [0.4, 0.5) is 4.70 Å². The topological polar surface area (TPSA) is 105 Å². The second-order valence-corrected chi connectivity index (χ2v) is 0. The molecule has 0 heterocycles. The number of halogens is 2. The van der Waals surface area contributed by atoms with Crippen LogP contribution in [-0.4, -0.2) is 0 Å². The summed E-state index contributed by atoms with van der Waals surface area (Å²) in [4.78, 5) is 0. The van der Waals surface area contributed by atoms with E-state index in [-0.39, 0.29) is 35.6 Å². The van der Waals surface area contributed by atoms with Crippen molar-refractivity contribution in [1.29, 1.82) is 0 Å². The lowest BCUT2D eigenvalue weighted by molar-refractivity contribution is 1.11. The Morgan fingerprint density at radius 2 is 0.600 bits per heavy atom. The van der Waals surface area contributed by atoms with Crippen molar-refractivity contribution in [3.8, 4) is 0 Å². The SMILES string of the molecule is Cl.F.N.N.N. The zero-order valence-electron chi connectivity index (χ0n) is 2.94. The molecule has 0 amide bonds. The Hall–Kier alpha value is 0.1000. The van der Waals surface area contributed by atoms with Crippen molar-refractivity contribution >= 4 is 12.4 Å². The molecule has 0 atom stereocenters. The number of hydrogen-bond donors (Lipinski definition) is 3. The van der Waals surface area contributed by atoms with Crippen molar-refractivity contribution in [3.05, 3.63) is 0 Å². The van der Waals surface area contributed by atoms with Crippen molar-refractivity contribution in [2.45, 2.75) is 0 Å². The van der Waals surface area contributed by atoms with E-state index in [4.69, 9.17) is 0 Å². The first-order valence-corrected chi connectivity index (χ1v) is 0. The Bertz CT molecular complexity index is 6.85. The molecule has 0 rings (SSSR count). The van der Waals surface area contributed by atoms with Crippen LogP contribution < -0.4 is 18.5 Å². The Labute approximate surface area is 36.7 Å². The molecule has 0 aliphatic carbocycles. The van der Waals surface area contributed by atoms with E-state index < -0.39 is 0 Å². The van der Waals surface area contributed by atoms with Gasteiger partial charge in [0.15, 0.2) is 0 Å². The molecule has 0 saturated carbocycles. The van der Waals surface area contributed by atoms with E-state index in [2.05, 4.69) is 0 Å². The molecular formula is H11ClFN3. The zero-order valence-corrected chi connectivity index (χ0v) is 3.75. The molecule has 5 heteroatoms. The van der Waals surface area contributed by atoms with Crippen LogP contribution in [0.25, 0.3) is 0 Å². The van der Waals surface area contributed by atoms with E-state index in [0.29, 0.717) is 0 Å². The Balaban J connectivity index is 0. The predicted octanol–water partition coefficient (Wildman–Crippen LogP) is 1.06. The Morgan fingerprint density at radius 1 is 0.600 bits per heavy atom. The Morgan fingerprint density at radius 3 is 0.600 bits per heavy atom. The molecule has 9 N–H and O–H groups in total. The fourth-order valence-electron chi connectivity index (χ4n) is 0. The van der Waals surface area contributed by atoms with E-state index in [9.17, 15) is 0 Å². The maximum Gasteiger partial charge on any atom is -0.147 e. The highest BCUT2D eigenvalue weighted by molar-refractivity contribution is 5.85. The highest BCUT2D eigenvalue weighted by atomic mass is 35.5. The molecule has 0 spiro atoms. The van der Waals surface area contributed by atoms with E-state index in [1.165, 1.54) is 0 Å². The molecule has 0 fully saturated rings. The smallest absolute Gasteiger partial charge is 0.147 e. The third kappa shape index (κ3) is 1810. The lowest BCUT2D eigenvalue weighted by Crippen LogP contribution is -0.482. The van der Waals surface area contributed by atoms with Gasteiger partial charge in [-0.2, -0.15) is 0 Å². The third-order valence-corrected chi connectivity index (χ3v) is 0. The minimum atomic E-state index is 0. The molecular weight excluding hydrogens is 96.5 g/mol. The normalized spacial score (nSPS) is 0. The van der Waals surface area contributed by atoms with Gasteiger partial charge < -0.3 is 18.5 Å². The summed E-state index contributed by atoms with van der Waals surface area (Å²) in [6, 6.07) is 0. The minimum absolute atomic E-state index is 0. The number of rotatable bonds is 0. The fraction of sp³-hybridized carbons (Fsp3) is 0. The molecule has 0 aromatic rings. The summed E-state index contributed by atoms with van der Waals surface area (Å²) < 4.78 is 0. The molecule has 5 heavy (non-hydrogen) atoms. The summed E-state index contributed by atoms with van der Waals surface area (Å²) in [5.41, 5.74) is 0. The van der Waals surface area contributed by atoms with Gasteiger partial charge in [0.1, 0.15) is 0 Å². The van der Waals surface area contributed by atoms with Crippen LogP contribution in [0.2, 0.25) is 0 Å². The van der Waals surface area contributed by atoms with Gasteiger partial charge >= 0.3 is 0 Å². The van der Waals surface area contributed by atoms with Gasteiger partial charge in [0, 0.05) is 0 Å². The van der Waals surface area contributed by atoms with E-state index >= 15 is 0 Å². The van der Waals surface area contributed by atoms with Crippen LogP contribution in [0.1, 0.15) is 0 Å². The van der Waals surface area contributed by atoms with E-state index in [1.54, 1.807) is 0 Å². The van der Waals surface area contributed by atoms with E-state index in [0.717, 1.165) is 0 Å². The van der Waals surface area contributed by atoms with Crippen molar-refractivity contribution < 1.29 is 4.70 Å². The summed E-state index contributed by atoms with van der Waals surface area (Å²) >= 11 is 0. The number of hydrogen-bond acceptors (Lipinski definition) is 3. The van der Waals surface area contributed by atoms with Crippen LogP contribution in [-0.2, 0) is 0 Å². The highest BCUT2D eigenvalue weighted by Crippen LogP contribution is 0.690. The zero-order chi connectivity index (χ0) is 0. The third-order valence-electron chi connectivity index (χ3n) is 0. The molecule has 0 radical (unpaired) electrons. The predicted molar refractivity (Wildman–Crippen MR) is 24.8 cm³/mol. The molecule has 3 nitrogen and oxygen atoms in total. The monoisotopic (exact) mass is 107 g/mol. The van der Waals surface area contributed by atoms with Gasteiger partial charge in [0.05, 0.1) is 0 Å². The van der Waals surface area contributed by atoms with E-state index in [1.807, 2.05) is 0 Å². The lowest BCUT2D eigenvalue weighted by Gasteiger charge is -0.345.